The highest BCUT2D eigenvalue weighted by Gasteiger charge is 2.31. The summed E-state index contributed by atoms with van der Waals surface area (Å²) in [5.41, 5.74) is 16.0. The Morgan fingerprint density at radius 1 is 0.701 bits per heavy atom. The monoisotopic (exact) mass is 1010 g/mol. The van der Waals surface area contributed by atoms with Gasteiger partial charge in [0.2, 0.25) is 65.0 Å². The molecule has 29 nitrogen and oxygen atoms in total. The zero-order valence-corrected chi connectivity index (χ0v) is 39.2. The summed E-state index contributed by atoms with van der Waals surface area (Å²) in [6.07, 6.45) is 0.179. The van der Waals surface area contributed by atoms with Crippen LogP contribution in [0.5, 0.6) is 0 Å². The second-order valence-corrected chi connectivity index (χ2v) is 17.3. The van der Waals surface area contributed by atoms with E-state index in [4.69, 9.17) is 28.0 Å². The molecule has 0 unspecified atom stereocenters. The molecule has 1 rings (SSSR count). The van der Waals surface area contributed by atoms with Gasteiger partial charge < -0.3 is 86.1 Å². The predicted molar refractivity (Wildman–Crippen MR) is 247 cm³/mol. The van der Waals surface area contributed by atoms with Crippen LogP contribution in [0.3, 0.4) is 0 Å². The average molecular weight is 1010 g/mol. The first-order valence-corrected chi connectivity index (χ1v) is 23.5. The molecule has 7 atom stereocenters. The predicted octanol–water partition coefficient (Wildman–Crippen LogP) is -8.90. The maximum atomic E-state index is 13.7. The number of guanidine groups is 2. The smallest absolute Gasteiger partial charge is 0.245 e. The highest BCUT2D eigenvalue weighted by molar-refractivity contribution is 8.76. The minimum Gasteiger partial charge on any atom is -0.394 e. The van der Waals surface area contributed by atoms with Gasteiger partial charge in [0.1, 0.15) is 42.3 Å². The van der Waals surface area contributed by atoms with Gasteiger partial charge in [-0.05, 0) is 32.6 Å². The van der Waals surface area contributed by atoms with E-state index in [0.29, 0.717) is 0 Å². The van der Waals surface area contributed by atoms with Crippen molar-refractivity contribution in [2.45, 2.75) is 81.8 Å². The van der Waals surface area contributed by atoms with E-state index < -0.39 is 134 Å². The van der Waals surface area contributed by atoms with E-state index in [9.17, 15) is 57.8 Å². The standard InChI is InChI=1S/C35H61N17O12S3/c1-16-28(59)44-9-24(55)43-10-25(56)49-20(12-53)32(63)52-23(33(64)51-21(13-65)27(36)58)15-67-66-14-22(47-17(2)54)29(60)45-11-26(57)48-18(5-3-7-41-34(37)38)31(62)50-19(30(61)46-16)6-4-8-42-35(39)40/h16,18-23,53,65H,3-15H2,1-2H3,(H2,36,58)(H,43,55)(H,44,59)(H,45,60)(H,46,61)(H,47,54)(H,48,57)(H,49,56)(H,50,62)(H,51,64)(H,52,63)(H4,37,38,41)(H4,39,40,42)/t16-,18-,19-,20-,21-,22-,23-/m0/s1. The Morgan fingerprint density at radius 3 is 1.73 bits per heavy atom. The largest absolute Gasteiger partial charge is 0.394 e. The Bertz CT molecular complexity index is 1820. The van der Waals surface area contributed by atoms with Crippen molar-refractivity contribution >= 4 is 111 Å². The molecule has 1 aliphatic rings. The number of primary amides is 1. The number of nitrogens with two attached hydrogens (primary N) is 3. The van der Waals surface area contributed by atoms with Gasteiger partial charge in [0.05, 0.1) is 26.2 Å². The van der Waals surface area contributed by atoms with Crippen LogP contribution in [0.2, 0.25) is 0 Å². The van der Waals surface area contributed by atoms with Gasteiger partial charge in [-0.3, -0.25) is 63.6 Å². The molecule has 1 saturated heterocycles. The summed E-state index contributed by atoms with van der Waals surface area (Å²) in [4.78, 5) is 142. The number of hydrogen-bond donors (Lipinski definition) is 19. The van der Waals surface area contributed by atoms with E-state index in [1.165, 1.54) is 6.92 Å². The molecule has 67 heavy (non-hydrogen) atoms. The molecule has 21 N–H and O–H groups in total. The number of aliphatic hydroxyl groups excluding tert-OH is 1. The highest BCUT2D eigenvalue weighted by Crippen LogP contribution is 2.23. The molecular formula is C35H61N17O12S3. The van der Waals surface area contributed by atoms with Crippen molar-refractivity contribution in [3.8, 4) is 0 Å². The minimum absolute atomic E-state index is 0.0708. The molecule has 0 aromatic heterocycles. The highest BCUT2D eigenvalue weighted by atomic mass is 33.1. The first kappa shape index (κ1) is 58.7. The van der Waals surface area contributed by atoms with E-state index in [-0.39, 0.29) is 68.0 Å². The zero-order chi connectivity index (χ0) is 50.6. The number of carbonyl (C=O) groups excluding carboxylic acids is 11. The number of amides is 11. The van der Waals surface area contributed by atoms with Crippen LogP contribution in [0.15, 0.2) is 0 Å². The number of nitrogens with one attached hydrogen (secondary N) is 14. The number of aliphatic hydroxyl groups is 1. The third kappa shape index (κ3) is 24.7. The number of hydrogen-bond acceptors (Lipinski definition) is 17. The summed E-state index contributed by atoms with van der Waals surface area (Å²) >= 11 is 3.99. The molecule has 376 valence electrons. The van der Waals surface area contributed by atoms with Gasteiger partial charge in [0.25, 0.3) is 0 Å². The molecule has 1 aliphatic heterocycles. The zero-order valence-electron chi connectivity index (χ0n) is 36.7. The third-order valence-electron chi connectivity index (χ3n) is 8.86. The first-order chi connectivity index (χ1) is 31.6. The minimum atomic E-state index is -1.67. The lowest BCUT2D eigenvalue weighted by molar-refractivity contribution is -0.134. The second kappa shape index (κ2) is 31.6. The molecule has 0 aliphatic carbocycles. The molecular weight excluding hydrogens is 947 g/mol. The first-order valence-electron chi connectivity index (χ1n) is 20.4. The Balaban J connectivity index is 3.52. The van der Waals surface area contributed by atoms with Gasteiger partial charge in [-0.15, -0.1) is 0 Å². The fourth-order valence-electron chi connectivity index (χ4n) is 5.38. The van der Waals surface area contributed by atoms with E-state index in [0.717, 1.165) is 28.5 Å². The van der Waals surface area contributed by atoms with Crippen LogP contribution in [-0.4, -0.2) is 181 Å². The number of carbonyl (C=O) groups is 11. The molecule has 1 heterocycles. The van der Waals surface area contributed by atoms with Gasteiger partial charge in [0.15, 0.2) is 11.9 Å². The SMILES string of the molecule is CC(=O)N[C@H]1CSSC[C@@H](C(=O)N[C@@H](CS)C(N)=O)NC(=O)[C@H](CO)NC(=O)CNC(=O)CNC(=O)[C@H](C)NC(=O)[C@H](CCCNC(=N)N)NC(=O)[C@H](CCCNC(=N)N)NC(=O)CNC1=O. The quantitative estimate of drug-likeness (QED) is 0.0253. The summed E-state index contributed by atoms with van der Waals surface area (Å²) in [6.45, 7) is -0.529. The van der Waals surface area contributed by atoms with Crippen LogP contribution in [-0.2, 0) is 52.7 Å². The van der Waals surface area contributed by atoms with Gasteiger partial charge in [-0.2, -0.15) is 12.6 Å². The van der Waals surface area contributed by atoms with Crippen molar-refractivity contribution in [2.24, 2.45) is 17.2 Å². The van der Waals surface area contributed by atoms with E-state index in [2.05, 4.69) is 76.4 Å². The topological polar surface area (TPSA) is 478 Å². The van der Waals surface area contributed by atoms with Crippen LogP contribution in [0.4, 0.5) is 0 Å². The molecule has 1 fully saturated rings. The molecule has 0 spiro atoms. The van der Waals surface area contributed by atoms with E-state index in [1.54, 1.807) is 0 Å². The normalized spacial score (nSPS) is 23.1. The summed E-state index contributed by atoms with van der Waals surface area (Å²) in [5.74, 6) is -11.1. The lowest BCUT2D eigenvalue weighted by Crippen LogP contribution is -2.58. The second-order valence-electron chi connectivity index (χ2n) is 14.4. The Morgan fingerprint density at radius 2 is 1.19 bits per heavy atom. The third-order valence-corrected chi connectivity index (χ3v) is 11.6. The summed E-state index contributed by atoms with van der Waals surface area (Å²) in [6, 6.07) is -9.68. The lowest BCUT2D eigenvalue weighted by atomic mass is 10.1. The maximum absolute atomic E-state index is 13.7. The Hall–Kier alpha value is -6.28. The van der Waals surface area contributed by atoms with E-state index in [1.807, 2.05) is 0 Å². The fraction of sp³-hybridized carbons (Fsp3) is 0.629. The average Bonchev–Trinajstić information content (AvgIpc) is 3.26. The number of thiol groups is 1. The van der Waals surface area contributed by atoms with E-state index >= 15 is 0 Å². The summed E-state index contributed by atoms with van der Waals surface area (Å²) < 4.78 is 0. The summed E-state index contributed by atoms with van der Waals surface area (Å²) in [7, 11) is 1.85. The molecule has 0 aromatic carbocycles. The van der Waals surface area contributed by atoms with Gasteiger partial charge in [-0.1, -0.05) is 21.6 Å². The molecule has 0 bridgehead atoms. The van der Waals surface area contributed by atoms with Crippen molar-refractivity contribution in [1.29, 1.82) is 10.8 Å². The molecule has 0 saturated carbocycles. The van der Waals surface area contributed by atoms with Crippen molar-refractivity contribution in [3.63, 3.8) is 0 Å². The van der Waals surface area contributed by atoms with Crippen molar-refractivity contribution in [3.05, 3.63) is 0 Å². The number of rotatable bonds is 14. The van der Waals surface area contributed by atoms with Gasteiger partial charge in [0, 0.05) is 37.3 Å². The van der Waals surface area contributed by atoms with Gasteiger partial charge in [-0.25, -0.2) is 0 Å². The van der Waals surface area contributed by atoms with Crippen LogP contribution < -0.4 is 81.0 Å². The van der Waals surface area contributed by atoms with Crippen molar-refractivity contribution in [1.82, 2.24) is 63.8 Å². The molecule has 32 heteroatoms. The van der Waals surface area contributed by atoms with Crippen molar-refractivity contribution < 1.29 is 57.8 Å². The molecule has 0 aromatic rings. The molecule has 11 amide bonds. The van der Waals surface area contributed by atoms with Crippen LogP contribution in [0.1, 0.15) is 39.5 Å². The Labute approximate surface area is 398 Å². The fourth-order valence-corrected chi connectivity index (χ4v) is 7.98. The maximum Gasteiger partial charge on any atom is 0.245 e. The van der Waals surface area contributed by atoms with Crippen LogP contribution in [0, 0.1) is 10.8 Å². The summed E-state index contributed by atoms with van der Waals surface area (Å²) in [5, 5.41) is 53.4. The van der Waals surface area contributed by atoms with Crippen LogP contribution >= 0.6 is 34.2 Å². The van der Waals surface area contributed by atoms with Crippen LogP contribution in [0.25, 0.3) is 0 Å². The van der Waals surface area contributed by atoms with Gasteiger partial charge >= 0.3 is 0 Å². The lowest BCUT2D eigenvalue weighted by Gasteiger charge is -2.25. The Kier molecular flexibility index (Phi) is 27.7. The van der Waals surface area contributed by atoms with Crippen molar-refractivity contribution in [2.75, 3.05) is 56.6 Å². The molecule has 0 radical (unpaired) electrons.